The van der Waals surface area contributed by atoms with E-state index in [9.17, 15) is 9.59 Å². The molecule has 6 nitrogen and oxygen atoms in total. The van der Waals surface area contributed by atoms with Crippen molar-refractivity contribution < 1.29 is 9.59 Å². The average molecular weight is 815 g/mol. The van der Waals surface area contributed by atoms with E-state index in [0.717, 1.165) is 101 Å². The molecule has 7 heteroatoms. The highest BCUT2D eigenvalue weighted by molar-refractivity contribution is 8.12. The van der Waals surface area contributed by atoms with Gasteiger partial charge in [-0.05, 0) is 140 Å². The number of rotatable bonds is 7. The van der Waals surface area contributed by atoms with Crippen LogP contribution in [0.4, 0.5) is 0 Å². The molecule has 0 spiro atoms. The molecule has 0 unspecified atom stereocenters. The van der Waals surface area contributed by atoms with Crippen LogP contribution in [0.1, 0.15) is 79.0 Å². The van der Waals surface area contributed by atoms with Crippen LogP contribution in [0.5, 0.6) is 0 Å². The molecule has 0 aliphatic carbocycles. The van der Waals surface area contributed by atoms with Gasteiger partial charge in [0, 0.05) is 62.6 Å². The van der Waals surface area contributed by atoms with Crippen LogP contribution < -0.4 is 0 Å². The number of nitrogens with one attached hydrogen (secondary N) is 2. The molecule has 0 atom stereocenters. The molecule has 61 heavy (non-hydrogen) atoms. The van der Waals surface area contributed by atoms with Crippen molar-refractivity contribution >= 4 is 69.5 Å². The zero-order valence-corrected chi connectivity index (χ0v) is 36.3. The minimum Gasteiger partial charge on any atom is -0.354 e. The Kier molecular flexibility index (Phi) is 10.4. The molecular formula is C54H46N4O2S. The number of H-pyrrole nitrogens is 2. The molecule has 0 fully saturated rings. The van der Waals surface area contributed by atoms with Crippen molar-refractivity contribution in [3.63, 3.8) is 0 Å². The van der Waals surface area contributed by atoms with Crippen LogP contribution in [0, 0.1) is 41.5 Å². The molecule has 300 valence electrons. The van der Waals surface area contributed by atoms with Crippen LogP contribution in [0.25, 0.3) is 90.9 Å². The molecule has 0 amide bonds. The van der Waals surface area contributed by atoms with Gasteiger partial charge >= 0.3 is 0 Å². The standard InChI is InChI=1S/C54H46N4O2S/c1-30-24-32(3)49(33(4)25-30)53-45-20-16-41(55-45)51(39-12-8-37(28-59)9-13-39)42-17-21-46(56-42)54(50-34(5)26-31(2)27-35(50)6)48-23-19-44(58-48)52(43-18-22-47(53)57-43)40-14-10-38(11-15-40)29-61-36(7)60/h8-28,55,58H,29H2,1-7H3. The third-order valence-electron chi connectivity index (χ3n) is 11.6. The van der Waals surface area contributed by atoms with Crippen molar-refractivity contribution in [1.29, 1.82) is 0 Å². The van der Waals surface area contributed by atoms with Crippen LogP contribution in [0.15, 0.2) is 97.1 Å². The van der Waals surface area contributed by atoms with Gasteiger partial charge < -0.3 is 9.97 Å². The van der Waals surface area contributed by atoms with Crippen molar-refractivity contribution in [2.75, 3.05) is 0 Å². The summed E-state index contributed by atoms with van der Waals surface area (Å²) >= 11 is 1.32. The summed E-state index contributed by atoms with van der Waals surface area (Å²) in [6.45, 7) is 14.6. The van der Waals surface area contributed by atoms with Crippen LogP contribution in [0.2, 0.25) is 0 Å². The van der Waals surface area contributed by atoms with E-state index in [1.807, 2.05) is 24.3 Å². The fourth-order valence-corrected chi connectivity index (χ4v) is 9.73. The van der Waals surface area contributed by atoms with Crippen molar-refractivity contribution in [2.24, 2.45) is 0 Å². The van der Waals surface area contributed by atoms with E-state index in [-0.39, 0.29) is 5.12 Å². The zero-order valence-electron chi connectivity index (χ0n) is 35.5. The molecule has 2 aliphatic rings. The van der Waals surface area contributed by atoms with Crippen molar-refractivity contribution in [2.45, 2.75) is 54.2 Å². The van der Waals surface area contributed by atoms with Gasteiger partial charge in [0.2, 0.25) is 0 Å². The SMILES string of the molecule is CC(=O)SCc1ccc(-c2c3nc(c(-c4c(C)cc(C)cc4C)c4ccc([nH]4)c(-c4ccc(C=O)cc4)c4nc(c(-c5c(C)cc(C)cc5C)c5ccc2[nH]5)C=C4)C=C3)cc1. The smallest absolute Gasteiger partial charge is 0.186 e. The fraction of sp³-hybridized carbons (Fsp3) is 0.148. The number of nitrogens with zero attached hydrogens (tertiary/aromatic N) is 2. The summed E-state index contributed by atoms with van der Waals surface area (Å²) in [5.74, 6) is 0.619. The molecule has 5 heterocycles. The molecule has 0 saturated heterocycles. The number of carbonyl (C=O) groups excluding carboxylic acids is 2. The molecule has 4 aromatic carbocycles. The number of hydrogen-bond acceptors (Lipinski definition) is 5. The molecule has 2 aliphatic heterocycles. The van der Waals surface area contributed by atoms with Gasteiger partial charge in [-0.1, -0.05) is 95.7 Å². The van der Waals surface area contributed by atoms with E-state index < -0.39 is 0 Å². The first-order valence-corrected chi connectivity index (χ1v) is 21.5. The van der Waals surface area contributed by atoms with Gasteiger partial charge in [-0.15, -0.1) is 0 Å². The average Bonchev–Trinajstić information content (AvgIpc) is 4.07. The Morgan fingerprint density at radius 1 is 0.508 bits per heavy atom. The number of carbonyl (C=O) groups is 2. The third kappa shape index (κ3) is 7.51. The highest BCUT2D eigenvalue weighted by Gasteiger charge is 2.21. The molecule has 3 aromatic heterocycles. The first-order valence-electron chi connectivity index (χ1n) is 20.6. The minimum atomic E-state index is 0.101. The summed E-state index contributed by atoms with van der Waals surface area (Å²) in [6, 6.07) is 33.7. The topological polar surface area (TPSA) is 91.5 Å². The number of aromatic nitrogens is 4. The predicted octanol–water partition coefficient (Wildman–Crippen LogP) is 13.8. The van der Waals surface area contributed by atoms with Crippen LogP contribution in [-0.2, 0) is 10.5 Å². The van der Waals surface area contributed by atoms with Crippen LogP contribution in [0.3, 0.4) is 0 Å². The summed E-state index contributed by atoms with van der Waals surface area (Å²) in [5.41, 5.74) is 24.0. The van der Waals surface area contributed by atoms with Crippen molar-refractivity contribution in [3.8, 4) is 44.5 Å². The molecule has 0 radical (unpaired) electrons. The Hall–Kier alpha value is -6.83. The summed E-state index contributed by atoms with van der Waals surface area (Å²) in [6.07, 6.45) is 9.36. The third-order valence-corrected chi connectivity index (χ3v) is 12.5. The number of fused-ring (bicyclic) bond motifs is 8. The highest BCUT2D eigenvalue weighted by Crippen LogP contribution is 2.41. The lowest BCUT2D eigenvalue weighted by Crippen LogP contribution is -1.95. The second-order valence-electron chi connectivity index (χ2n) is 16.3. The van der Waals surface area contributed by atoms with Gasteiger partial charge in [-0.3, -0.25) is 9.59 Å². The quantitative estimate of drug-likeness (QED) is 0.156. The molecule has 2 N–H and O–H groups in total. The van der Waals surface area contributed by atoms with E-state index in [0.29, 0.717) is 11.3 Å². The van der Waals surface area contributed by atoms with Gasteiger partial charge in [-0.25, -0.2) is 9.97 Å². The Morgan fingerprint density at radius 2 is 0.869 bits per heavy atom. The zero-order chi connectivity index (χ0) is 42.5. The lowest BCUT2D eigenvalue weighted by Gasteiger charge is -2.13. The van der Waals surface area contributed by atoms with Crippen molar-refractivity contribution in [3.05, 3.63) is 164 Å². The maximum atomic E-state index is 11.8. The normalized spacial score (nSPS) is 12.0. The second-order valence-corrected chi connectivity index (χ2v) is 17.4. The fourth-order valence-electron chi connectivity index (χ4n) is 9.17. The van der Waals surface area contributed by atoms with Gasteiger partial charge in [0.1, 0.15) is 6.29 Å². The molecule has 9 rings (SSSR count). The summed E-state index contributed by atoms with van der Waals surface area (Å²) in [7, 11) is 0. The summed E-state index contributed by atoms with van der Waals surface area (Å²) in [5, 5.41) is 0.101. The number of aromatic amines is 2. The maximum absolute atomic E-state index is 11.8. The Balaban J connectivity index is 1.45. The predicted molar refractivity (Wildman–Crippen MR) is 256 cm³/mol. The Morgan fingerprint density at radius 3 is 1.25 bits per heavy atom. The number of benzene rings is 4. The van der Waals surface area contributed by atoms with Gasteiger partial charge in [0.25, 0.3) is 0 Å². The van der Waals surface area contributed by atoms with E-state index in [1.165, 1.54) is 45.1 Å². The first-order chi connectivity index (χ1) is 29.4. The van der Waals surface area contributed by atoms with Crippen molar-refractivity contribution in [1.82, 2.24) is 19.9 Å². The lowest BCUT2D eigenvalue weighted by molar-refractivity contribution is -0.109. The molecule has 0 saturated carbocycles. The monoisotopic (exact) mass is 814 g/mol. The number of hydrogen-bond donors (Lipinski definition) is 2. The highest BCUT2D eigenvalue weighted by atomic mass is 32.2. The molecule has 8 bridgehead atoms. The van der Waals surface area contributed by atoms with E-state index >= 15 is 0 Å². The number of aryl methyl sites for hydroxylation is 6. The van der Waals surface area contributed by atoms with Crippen LogP contribution in [-0.4, -0.2) is 31.3 Å². The second kappa shape index (κ2) is 16.0. The summed E-state index contributed by atoms with van der Waals surface area (Å²) in [4.78, 5) is 42.3. The van der Waals surface area contributed by atoms with E-state index in [1.54, 1.807) is 6.92 Å². The Labute approximate surface area is 360 Å². The van der Waals surface area contributed by atoms with Gasteiger partial charge in [0.05, 0.1) is 22.8 Å². The summed E-state index contributed by atoms with van der Waals surface area (Å²) < 4.78 is 0. The number of thioether (sulfide) groups is 1. The minimum absolute atomic E-state index is 0.101. The maximum Gasteiger partial charge on any atom is 0.186 e. The first kappa shape index (κ1) is 39.6. The van der Waals surface area contributed by atoms with E-state index in [4.69, 9.17) is 9.97 Å². The molecular weight excluding hydrogens is 769 g/mol. The van der Waals surface area contributed by atoms with E-state index in [2.05, 4.69) is 149 Å². The lowest BCUT2D eigenvalue weighted by atomic mass is 9.92. The van der Waals surface area contributed by atoms with Gasteiger partial charge in [-0.2, -0.15) is 0 Å². The Bertz CT molecular complexity index is 3080. The molecule has 7 aromatic rings. The van der Waals surface area contributed by atoms with Crippen LogP contribution >= 0.6 is 11.8 Å². The largest absolute Gasteiger partial charge is 0.354 e. The van der Waals surface area contributed by atoms with Gasteiger partial charge in [0.15, 0.2) is 5.12 Å². The number of aldehydes is 1.